The highest BCUT2D eigenvalue weighted by atomic mass is 32.1. The molecule has 0 atom stereocenters. The van der Waals surface area contributed by atoms with E-state index in [0.717, 1.165) is 0 Å². The molecule has 0 aromatic rings. The summed E-state index contributed by atoms with van der Waals surface area (Å²) in [6.07, 6.45) is 0.543. The van der Waals surface area contributed by atoms with Crippen LogP contribution in [-0.2, 0) is 9.47 Å². The van der Waals surface area contributed by atoms with Crippen molar-refractivity contribution in [2.24, 2.45) is 0 Å². The molecule has 0 aliphatic rings. The monoisotopic (exact) mass is 192 g/mol. The van der Waals surface area contributed by atoms with Crippen molar-refractivity contribution in [3.8, 4) is 0 Å². The van der Waals surface area contributed by atoms with Gasteiger partial charge in [-0.25, -0.2) is 0 Å². The molecule has 0 aliphatic heterocycles. The third-order valence-corrected chi connectivity index (χ3v) is 1.44. The molecule has 0 bridgehead atoms. The Kier molecular flexibility index (Phi) is 5.32. The van der Waals surface area contributed by atoms with Crippen LogP contribution in [0, 0.1) is 0 Å². The second-order valence-electron chi connectivity index (χ2n) is 2.29. The van der Waals surface area contributed by atoms with Crippen molar-refractivity contribution >= 4 is 34.5 Å². The van der Waals surface area contributed by atoms with Crippen molar-refractivity contribution in [3.63, 3.8) is 0 Å². The topological polar surface area (TPSA) is 18.5 Å². The van der Waals surface area contributed by atoms with E-state index >= 15 is 0 Å². The van der Waals surface area contributed by atoms with Crippen molar-refractivity contribution in [3.05, 3.63) is 0 Å². The second-order valence-corrected chi connectivity index (χ2v) is 3.20. The van der Waals surface area contributed by atoms with Crippen LogP contribution in [0.2, 0.25) is 0 Å². The van der Waals surface area contributed by atoms with E-state index in [1.807, 2.05) is 13.8 Å². The van der Waals surface area contributed by atoms with Crippen molar-refractivity contribution in [2.75, 3.05) is 7.11 Å². The fraction of sp³-hybridized carbons (Fsp3) is 0.714. The predicted molar refractivity (Wildman–Crippen MR) is 53.0 cm³/mol. The summed E-state index contributed by atoms with van der Waals surface area (Å²) in [5.74, 6) is 0. The quantitative estimate of drug-likeness (QED) is 0.637. The van der Waals surface area contributed by atoms with Crippen LogP contribution >= 0.6 is 24.4 Å². The maximum Gasteiger partial charge on any atom is 0.168 e. The normalized spacial score (nSPS) is 9.45. The molecule has 11 heavy (non-hydrogen) atoms. The minimum atomic E-state index is 0.113. The van der Waals surface area contributed by atoms with E-state index in [-0.39, 0.29) is 6.10 Å². The average molecular weight is 192 g/mol. The van der Waals surface area contributed by atoms with Crippen LogP contribution in [0.5, 0.6) is 0 Å². The molecule has 0 unspecified atom stereocenters. The van der Waals surface area contributed by atoms with Crippen molar-refractivity contribution < 1.29 is 9.47 Å². The zero-order valence-corrected chi connectivity index (χ0v) is 8.55. The Labute approximate surface area is 77.9 Å². The number of hydrogen-bond donors (Lipinski definition) is 0. The van der Waals surface area contributed by atoms with Gasteiger partial charge in [0.05, 0.1) is 19.6 Å². The van der Waals surface area contributed by atoms with Gasteiger partial charge in [-0.15, -0.1) is 0 Å². The summed E-state index contributed by atoms with van der Waals surface area (Å²) in [6, 6.07) is 0. The maximum absolute atomic E-state index is 5.19. The minimum absolute atomic E-state index is 0.113. The lowest BCUT2D eigenvalue weighted by Crippen LogP contribution is -2.13. The van der Waals surface area contributed by atoms with Gasteiger partial charge >= 0.3 is 0 Å². The molecular formula is C7H12O2S2. The lowest BCUT2D eigenvalue weighted by molar-refractivity contribution is 0.230. The Morgan fingerprint density at radius 2 is 1.82 bits per heavy atom. The van der Waals surface area contributed by atoms with Crippen molar-refractivity contribution in [1.82, 2.24) is 0 Å². The molecule has 0 fully saturated rings. The van der Waals surface area contributed by atoms with Crippen LogP contribution in [-0.4, -0.2) is 23.3 Å². The summed E-state index contributed by atoms with van der Waals surface area (Å²) in [4.78, 5) is 0. The molecule has 0 saturated carbocycles. The standard InChI is InChI=1S/C7H12O2S2/c1-5(2)9-7(11)4-6(10)8-3/h5H,4H2,1-3H3. The fourth-order valence-corrected chi connectivity index (χ4v) is 1.04. The van der Waals surface area contributed by atoms with Gasteiger partial charge in [0.25, 0.3) is 0 Å². The van der Waals surface area contributed by atoms with Crippen LogP contribution in [0.3, 0.4) is 0 Å². The molecule has 0 aromatic heterocycles. The highest BCUT2D eigenvalue weighted by Crippen LogP contribution is 1.98. The van der Waals surface area contributed by atoms with E-state index in [1.54, 1.807) is 0 Å². The molecule has 64 valence electrons. The molecule has 2 nitrogen and oxygen atoms in total. The molecule has 0 amide bonds. The van der Waals surface area contributed by atoms with Crippen molar-refractivity contribution in [2.45, 2.75) is 26.4 Å². The molecule has 0 heterocycles. The van der Waals surface area contributed by atoms with Gasteiger partial charge in [-0.1, -0.05) is 0 Å². The average Bonchev–Trinajstić information content (AvgIpc) is 1.85. The van der Waals surface area contributed by atoms with E-state index in [2.05, 4.69) is 0 Å². The lowest BCUT2D eigenvalue weighted by Gasteiger charge is -2.10. The molecule has 0 aromatic carbocycles. The zero-order valence-electron chi connectivity index (χ0n) is 6.92. The molecule has 0 spiro atoms. The van der Waals surface area contributed by atoms with Crippen LogP contribution in [0.15, 0.2) is 0 Å². The lowest BCUT2D eigenvalue weighted by atomic mass is 10.4. The fourth-order valence-electron chi connectivity index (χ4n) is 0.495. The highest BCUT2D eigenvalue weighted by molar-refractivity contribution is 7.81. The Balaban J connectivity index is 3.61. The maximum atomic E-state index is 5.19. The Bertz CT molecular complexity index is 155. The molecule has 0 aliphatic carbocycles. The summed E-state index contributed by atoms with van der Waals surface area (Å²) in [6.45, 7) is 3.84. The van der Waals surface area contributed by atoms with Crippen LogP contribution in [0.25, 0.3) is 0 Å². The third kappa shape index (κ3) is 6.19. The Morgan fingerprint density at radius 3 is 2.18 bits per heavy atom. The van der Waals surface area contributed by atoms with E-state index in [4.69, 9.17) is 33.9 Å². The Hall–Kier alpha value is -0.220. The molecule has 0 radical (unpaired) electrons. The summed E-state index contributed by atoms with van der Waals surface area (Å²) in [5.41, 5.74) is 0. The molecular weight excluding hydrogens is 180 g/mol. The van der Waals surface area contributed by atoms with Gasteiger partial charge in [0, 0.05) is 0 Å². The first kappa shape index (κ1) is 10.8. The highest BCUT2D eigenvalue weighted by Gasteiger charge is 2.04. The third-order valence-electron chi connectivity index (χ3n) is 0.883. The summed E-state index contributed by atoms with van der Waals surface area (Å²) in [5, 5.41) is 0.961. The largest absolute Gasteiger partial charge is 0.490 e. The summed E-state index contributed by atoms with van der Waals surface area (Å²) < 4.78 is 9.95. The van der Waals surface area contributed by atoms with E-state index < -0.39 is 0 Å². The van der Waals surface area contributed by atoms with Crippen LogP contribution in [0.1, 0.15) is 20.3 Å². The van der Waals surface area contributed by atoms with E-state index in [1.165, 1.54) is 7.11 Å². The Morgan fingerprint density at radius 1 is 1.27 bits per heavy atom. The predicted octanol–water partition coefficient (Wildman–Crippen LogP) is 2.10. The van der Waals surface area contributed by atoms with Gasteiger partial charge in [0.2, 0.25) is 0 Å². The summed E-state index contributed by atoms with van der Waals surface area (Å²) in [7, 11) is 1.53. The number of hydrogen-bond acceptors (Lipinski definition) is 4. The first-order chi connectivity index (χ1) is 5.06. The van der Waals surface area contributed by atoms with Gasteiger partial charge < -0.3 is 9.47 Å². The van der Waals surface area contributed by atoms with Crippen LogP contribution in [0.4, 0.5) is 0 Å². The molecule has 0 N–H and O–H groups in total. The number of rotatable bonds is 3. The smallest absolute Gasteiger partial charge is 0.168 e. The zero-order chi connectivity index (χ0) is 8.85. The number of ether oxygens (including phenoxy) is 2. The van der Waals surface area contributed by atoms with Gasteiger partial charge in [-0.05, 0) is 38.3 Å². The first-order valence-electron chi connectivity index (χ1n) is 3.32. The van der Waals surface area contributed by atoms with Crippen LogP contribution < -0.4 is 0 Å². The molecule has 0 rings (SSSR count). The SMILES string of the molecule is COC(=S)CC(=S)OC(C)C. The van der Waals surface area contributed by atoms with Gasteiger partial charge in [0.15, 0.2) is 10.1 Å². The van der Waals surface area contributed by atoms with E-state index in [9.17, 15) is 0 Å². The number of methoxy groups -OCH3 is 1. The molecule has 0 saturated heterocycles. The van der Waals surface area contributed by atoms with E-state index in [0.29, 0.717) is 16.5 Å². The second kappa shape index (κ2) is 5.43. The minimum Gasteiger partial charge on any atom is -0.490 e. The van der Waals surface area contributed by atoms with Crippen molar-refractivity contribution in [1.29, 1.82) is 0 Å². The van der Waals surface area contributed by atoms with Gasteiger partial charge in [-0.3, -0.25) is 0 Å². The van der Waals surface area contributed by atoms with Gasteiger partial charge in [0.1, 0.15) is 0 Å². The summed E-state index contributed by atoms with van der Waals surface area (Å²) >= 11 is 9.68. The van der Waals surface area contributed by atoms with Gasteiger partial charge in [-0.2, -0.15) is 0 Å². The molecule has 4 heteroatoms. The number of thiocarbonyl (C=S) groups is 2. The first-order valence-corrected chi connectivity index (χ1v) is 4.14.